The molecule has 0 fully saturated rings. The summed E-state index contributed by atoms with van der Waals surface area (Å²) in [5.41, 5.74) is 0.840. The normalized spacial score (nSPS) is 9.89. The number of carboxylic acids is 1. The van der Waals surface area contributed by atoms with E-state index in [1.807, 2.05) is 6.92 Å². The van der Waals surface area contributed by atoms with E-state index >= 15 is 0 Å². The lowest BCUT2D eigenvalue weighted by molar-refractivity contribution is -0.123. The Labute approximate surface area is 106 Å². The average Bonchev–Trinajstić information content (AvgIpc) is 2.35. The van der Waals surface area contributed by atoms with E-state index in [4.69, 9.17) is 9.84 Å². The largest absolute Gasteiger partial charge is 0.484 e. The molecule has 98 valence electrons. The van der Waals surface area contributed by atoms with Crippen molar-refractivity contribution in [2.75, 3.05) is 13.2 Å². The Morgan fingerprint density at radius 3 is 2.72 bits per heavy atom. The highest BCUT2D eigenvalue weighted by Crippen LogP contribution is 2.17. The molecule has 0 aliphatic carbocycles. The lowest BCUT2D eigenvalue weighted by Crippen LogP contribution is -2.29. The summed E-state index contributed by atoms with van der Waals surface area (Å²) in [6.07, 6.45) is 0.861. The van der Waals surface area contributed by atoms with E-state index in [0.29, 0.717) is 17.9 Å². The highest BCUT2D eigenvalue weighted by atomic mass is 16.5. The van der Waals surface area contributed by atoms with Crippen LogP contribution >= 0.6 is 0 Å². The number of amides is 1. The molecule has 0 unspecified atom stereocenters. The van der Waals surface area contributed by atoms with Crippen molar-refractivity contribution in [3.8, 4) is 5.75 Å². The van der Waals surface area contributed by atoms with Gasteiger partial charge in [0.2, 0.25) is 0 Å². The minimum absolute atomic E-state index is 0.109. The van der Waals surface area contributed by atoms with E-state index < -0.39 is 5.97 Å². The van der Waals surface area contributed by atoms with E-state index in [-0.39, 0.29) is 18.1 Å². The zero-order valence-electron chi connectivity index (χ0n) is 10.5. The van der Waals surface area contributed by atoms with Crippen LogP contribution < -0.4 is 10.1 Å². The molecule has 1 aromatic carbocycles. The Kier molecular flexibility index (Phi) is 5.17. The highest BCUT2D eigenvalue weighted by molar-refractivity contribution is 5.89. The second kappa shape index (κ2) is 6.64. The third-order valence-corrected chi connectivity index (χ3v) is 2.38. The summed E-state index contributed by atoms with van der Waals surface area (Å²) >= 11 is 0. The molecule has 1 amide bonds. The van der Waals surface area contributed by atoms with Crippen LogP contribution in [-0.4, -0.2) is 30.1 Å². The van der Waals surface area contributed by atoms with E-state index in [1.54, 1.807) is 19.1 Å². The van der Waals surface area contributed by atoms with Crippen molar-refractivity contribution in [2.45, 2.75) is 20.3 Å². The number of carbonyl (C=O) groups is 2. The van der Waals surface area contributed by atoms with E-state index in [2.05, 4.69) is 5.32 Å². The average molecular weight is 251 g/mol. The monoisotopic (exact) mass is 251 g/mol. The summed E-state index contributed by atoms with van der Waals surface area (Å²) in [5.74, 6) is -0.840. The fourth-order valence-corrected chi connectivity index (χ4v) is 1.39. The number of aromatic carboxylic acids is 1. The maximum Gasteiger partial charge on any atom is 0.336 e. The van der Waals surface area contributed by atoms with Crippen molar-refractivity contribution in [1.29, 1.82) is 0 Å². The number of hydrogen-bond acceptors (Lipinski definition) is 3. The quantitative estimate of drug-likeness (QED) is 0.805. The van der Waals surface area contributed by atoms with E-state index in [0.717, 1.165) is 6.42 Å². The predicted molar refractivity (Wildman–Crippen MR) is 66.9 cm³/mol. The van der Waals surface area contributed by atoms with Crippen LogP contribution in [0, 0.1) is 6.92 Å². The van der Waals surface area contributed by atoms with Crippen LogP contribution in [0.3, 0.4) is 0 Å². The van der Waals surface area contributed by atoms with Crippen LogP contribution in [0.4, 0.5) is 0 Å². The van der Waals surface area contributed by atoms with Crippen LogP contribution in [0.1, 0.15) is 29.3 Å². The van der Waals surface area contributed by atoms with Crippen molar-refractivity contribution >= 4 is 11.9 Å². The molecule has 0 radical (unpaired) electrons. The summed E-state index contributed by atoms with van der Waals surface area (Å²) in [6.45, 7) is 4.17. The molecule has 0 aliphatic heterocycles. The third-order valence-electron chi connectivity index (χ3n) is 2.38. The minimum Gasteiger partial charge on any atom is -0.484 e. The Morgan fingerprint density at radius 1 is 1.39 bits per heavy atom. The molecule has 0 saturated carbocycles. The van der Waals surface area contributed by atoms with Crippen LogP contribution in [-0.2, 0) is 4.79 Å². The van der Waals surface area contributed by atoms with Gasteiger partial charge in [0.1, 0.15) is 5.75 Å². The second-order valence-electron chi connectivity index (χ2n) is 3.92. The first kappa shape index (κ1) is 14.0. The fraction of sp³-hybridized carbons (Fsp3) is 0.385. The summed E-state index contributed by atoms with van der Waals surface area (Å²) in [6, 6.07) is 4.72. The molecule has 0 spiro atoms. The lowest BCUT2D eigenvalue weighted by atomic mass is 10.1. The Hall–Kier alpha value is -2.04. The lowest BCUT2D eigenvalue weighted by Gasteiger charge is -2.08. The van der Waals surface area contributed by atoms with Gasteiger partial charge in [-0.05, 0) is 31.0 Å². The number of carbonyl (C=O) groups excluding carboxylic acids is 1. The van der Waals surface area contributed by atoms with Gasteiger partial charge in [-0.15, -0.1) is 0 Å². The first-order chi connectivity index (χ1) is 8.54. The molecule has 2 N–H and O–H groups in total. The van der Waals surface area contributed by atoms with Gasteiger partial charge in [0.15, 0.2) is 6.61 Å². The van der Waals surface area contributed by atoms with Gasteiger partial charge in [0.25, 0.3) is 5.91 Å². The molecule has 0 atom stereocenters. The van der Waals surface area contributed by atoms with Gasteiger partial charge in [0.05, 0.1) is 5.56 Å². The minimum atomic E-state index is -1.01. The van der Waals surface area contributed by atoms with Gasteiger partial charge in [0, 0.05) is 6.54 Å². The van der Waals surface area contributed by atoms with Crippen LogP contribution in [0.2, 0.25) is 0 Å². The summed E-state index contributed by atoms with van der Waals surface area (Å²) in [4.78, 5) is 22.2. The smallest absolute Gasteiger partial charge is 0.336 e. The maximum absolute atomic E-state index is 11.3. The topological polar surface area (TPSA) is 75.6 Å². The van der Waals surface area contributed by atoms with Crippen molar-refractivity contribution in [3.63, 3.8) is 0 Å². The first-order valence-corrected chi connectivity index (χ1v) is 5.78. The molecule has 1 rings (SSSR count). The van der Waals surface area contributed by atoms with Gasteiger partial charge >= 0.3 is 5.97 Å². The first-order valence-electron chi connectivity index (χ1n) is 5.78. The molecule has 18 heavy (non-hydrogen) atoms. The number of aryl methyl sites for hydroxylation is 1. The summed E-state index contributed by atoms with van der Waals surface area (Å²) < 4.78 is 5.24. The van der Waals surface area contributed by atoms with Gasteiger partial charge in [-0.25, -0.2) is 4.79 Å². The van der Waals surface area contributed by atoms with E-state index in [9.17, 15) is 9.59 Å². The van der Waals surface area contributed by atoms with Gasteiger partial charge in [-0.2, -0.15) is 0 Å². The van der Waals surface area contributed by atoms with Crippen molar-refractivity contribution in [3.05, 3.63) is 29.3 Å². The molecule has 0 aliphatic rings. The molecule has 0 saturated heterocycles. The molecule has 0 aromatic heterocycles. The number of carboxylic acid groups (broad SMARTS) is 1. The number of hydrogen-bond donors (Lipinski definition) is 2. The van der Waals surface area contributed by atoms with Crippen molar-refractivity contribution in [1.82, 2.24) is 5.32 Å². The Morgan fingerprint density at radius 2 is 2.11 bits per heavy atom. The molecule has 0 heterocycles. The number of ether oxygens (including phenoxy) is 1. The standard InChI is InChI=1S/C13H17NO4/c1-3-6-14-12(15)8-18-10-5-4-9(2)11(7-10)13(16)17/h4-5,7H,3,6,8H2,1-2H3,(H,14,15)(H,16,17). The van der Waals surface area contributed by atoms with Crippen molar-refractivity contribution < 1.29 is 19.4 Å². The predicted octanol–water partition coefficient (Wildman–Crippen LogP) is 1.60. The third kappa shape index (κ3) is 4.08. The Balaban J connectivity index is 2.60. The maximum atomic E-state index is 11.3. The van der Waals surface area contributed by atoms with Gasteiger partial charge < -0.3 is 15.2 Å². The molecule has 1 aromatic rings. The highest BCUT2D eigenvalue weighted by Gasteiger charge is 2.09. The summed E-state index contributed by atoms with van der Waals surface area (Å²) in [7, 11) is 0. The second-order valence-corrected chi connectivity index (χ2v) is 3.92. The molecule has 0 bridgehead atoms. The van der Waals surface area contributed by atoms with E-state index in [1.165, 1.54) is 6.07 Å². The Bertz CT molecular complexity index is 443. The zero-order chi connectivity index (χ0) is 13.5. The molecule has 5 nitrogen and oxygen atoms in total. The number of rotatable bonds is 6. The van der Waals surface area contributed by atoms with Gasteiger partial charge in [-0.1, -0.05) is 13.0 Å². The van der Waals surface area contributed by atoms with Gasteiger partial charge in [-0.3, -0.25) is 4.79 Å². The van der Waals surface area contributed by atoms with Crippen molar-refractivity contribution in [2.24, 2.45) is 0 Å². The number of nitrogens with one attached hydrogen (secondary N) is 1. The SMILES string of the molecule is CCCNC(=O)COc1ccc(C)c(C(=O)O)c1. The number of benzene rings is 1. The molecular formula is C13H17NO4. The summed E-state index contributed by atoms with van der Waals surface area (Å²) in [5, 5.41) is 11.6. The fourth-order valence-electron chi connectivity index (χ4n) is 1.39. The van der Waals surface area contributed by atoms with Crippen LogP contribution in [0.15, 0.2) is 18.2 Å². The molecular weight excluding hydrogens is 234 g/mol. The van der Waals surface area contributed by atoms with Crippen LogP contribution in [0.25, 0.3) is 0 Å². The molecule has 5 heteroatoms. The zero-order valence-corrected chi connectivity index (χ0v) is 10.5. The van der Waals surface area contributed by atoms with Crippen LogP contribution in [0.5, 0.6) is 5.75 Å².